The third-order valence-electron chi connectivity index (χ3n) is 17.8. The first-order valence-electron chi connectivity index (χ1n) is 41.8. The maximum atomic E-state index is 13.1. The Balaban J connectivity index is 5.39. The molecule has 0 bridgehead atoms. The Kier molecular flexibility index (Phi) is 74.6. The minimum atomic E-state index is -4.99. The molecule has 5 atom stereocenters. The fourth-order valence-electron chi connectivity index (χ4n) is 11.4. The number of hydrogen-bond donors (Lipinski definition) is 3. The number of ether oxygens (including phenoxy) is 4. The van der Waals surface area contributed by atoms with Crippen LogP contribution in [0.5, 0.6) is 0 Å². The molecule has 3 N–H and O–H groups in total. The van der Waals surface area contributed by atoms with Crippen LogP contribution in [-0.4, -0.2) is 96.7 Å². The van der Waals surface area contributed by atoms with Crippen molar-refractivity contribution in [1.82, 2.24) is 0 Å². The highest BCUT2D eigenvalue weighted by Gasteiger charge is 2.30. The van der Waals surface area contributed by atoms with Crippen LogP contribution in [0, 0.1) is 0 Å². The van der Waals surface area contributed by atoms with Gasteiger partial charge in [-0.15, -0.1) is 0 Å². The number of rotatable bonds is 79. The Labute approximate surface area is 634 Å². The lowest BCUT2D eigenvalue weighted by molar-refractivity contribution is -0.161. The summed E-state index contributed by atoms with van der Waals surface area (Å²) in [5, 5.41) is 10.7. The molecule has 0 rings (SSSR count). The standard InChI is InChI=1S/C85H152O17P2/c1-5-9-13-17-21-25-29-33-37-39-43-45-49-53-57-61-65-69-82(87)95-75-80(101-84(89)71-67-63-59-55-51-47-41-35-31-27-23-19-15-11-7-3)77-99-103(91,92)97-73-79(86)74-98-104(93,94)100-78-81(102-85(90)72-68-64-60-56-52-48-42-36-32-28-24-20-16-12-8-4)76-96-83(88)70-66-62-58-54-50-46-44-40-38-34-30-26-22-18-14-10-6-2/h21,23,25,27,33,35-37,41-43,45,53,57,79-81,86H,5-20,22,24,26,28-32,34,38-40,44,46-52,54-56,58-78H2,1-4H3,(H,91,92)(H,93,94)/b25-21-,27-23-,37-33-,41-35-,42-36-,45-43-,57-53-/t79-,80+,81+/m0/s1. The predicted molar refractivity (Wildman–Crippen MR) is 427 cm³/mol. The van der Waals surface area contributed by atoms with E-state index in [9.17, 15) is 43.2 Å². The largest absolute Gasteiger partial charge is 0.472 e. The maximum Gasteiger partial charge on any atom is 0.472 e. The normalized spacial score (nSPS) is 14.3. The van der Waals surface area contributed by atoms with Crippen LogP contribution in [0.25, 0.3) is 0 Å². The van der Waals surface area contributed by atoms with E-state index >= 15 is 0 Å². The number of unbranched alkanes of at least 4 members (excludes halogenated alkanes) is 39. The molecule has 104 heavy (non-hydrogen) atoms. The molecule has 0 spiro atoms. The average molecular weight is 1510 g/mol. The number of aliphatic hydroxyl groups excluding tert-OH is 1. The number of aliphatic hydroxyl groups is 1. The topological polar surface area (TPSA) is 237 Å². The molecule has 0 amide bonds. The molecule has 2 unspecified atom stereocenters. The van der Waals surface area contributed by atoms with Gasteiger partial charge in [-0.05, 0) is 122 Å². The van der Waals surface area contributed by atoms with Crippen LogP contribution >= 0.6 is 15.6 Å². The fourth-order valence-corrected chi connectivity index (χ4v) is 13.0. The van der Waals surface area contributed by atoms with Gasteiger partial charge in [0.25, 0.3) is 0 Å². The van der Waals surface area contributed by atoms with E-state index in [-0.39, 0.29) is 25.7 Å². The molecule has 0 aliphatic rings. The minimum absolute atomic E-state index is 0.0684. The van der Waals surface area contributed by atoms with Gasteiger partial charge in [0.15, 0.2) is 12.2 Å². The van der Waals surface area contributed by atoms with E-state index in [0.717, 1.165) is 128 Å². The third kappa shape index (κ3) is 76.4. The number of hydrogen-bond acceptors (Lipinski definition) is 15. The monoisotopic (exact) mass is 1510 g/mol. The van der Waals surface area contributed by atoms with Crippen molar-refractivity contribution in [2.75, 3.05) is 39.6 Å². The van der Waals surface area contributed by atoms with Gasteiger partial charge in [0.05, 0.1) is 26.4 Å². The summed E-state index contributed by atoms with van der Waals surface area (Å²) >= 11 is 0. The molecule has 0 aliphatic heterocycles. The van der Waals surface area contributed by atoms with Crippen LogP contribution < -0.4 is 0 Å². The van der Waals surface area contributed by atoms with Gasteiger partial charge in [0, 0.05) is 25.7 Å². The van der Waals surface area contributed by atoms with E-state index in [4.69, 9.17) is 37.0 Å². The van der Waals surface area contributed by atoms with Gasteiger partial charge in [-0.25, -0.2) is 9.13 Å². The highest BCUT2D eigenvalue weighted by atomic mass is 31.2. The van der Waals surface area contributed by atoms with Crippen LogP contribution in [0.1, 0.15) is 374 Å². The second-order valence-electron chi connectivity index (χ2n) is 28.1. The maximum absolute atomic E-state index is 13.1. The Morgan fingerprint density at radius 1 is 0.269 bits per heavy atom. The van der Waals surface area contributed by atoms with Gasteiger partial charge in [-0.2, -0.15) is 0 Å². The lowest BCUT2D eigenvalue weighted by Crippen LogP contribution is -2.30. The molecule has 0 aromatic rings. The van der Waals surface area contributed by atoms with Crippen LogP contribution in [-0.2, 0) is 65.4 Å². The van der Waals surface area contributed by atoms with E-state index in [1.807, 2.05) is 12.2 Å². The van der Waals surface area contributed by atoms with Gasteiger partial charge in [-0.3, -0.25) is 37.3 Å². The molecule has 0 aliphatic carbocycles. The second kappa shape index (κ2) is 77.4. The molecule has 0 saturated carbocycles. The molecular formula is C85H152O17P2. The molecule has 604 valence electrons. The summed E-state index contributed by atoms with van der Waals surface area (Å²) in [4.78, 5) is 73.1. The number of phosphoric acid groups is 2. The van der Waals surface area contributed by atoms with Crippen molar-refractivity contribution in [1.29, 1.82) is 0 Å². The summed E-state index contributed by atoms with van der Waals surface area (Å²) in [5.41, 5.74) is 0. The molecule has 0 saturated heterocycles. The predicted octanol–water partition coefficient (Wildman–Crippen LogP) is 24.6. The number of carbonyl (C=O) groups excluding carboxylic acids is 4. The fraction of sp³-hybridized carbons (Fsp3) is 0.788. The first kappa shape index (κ1) is 100. The number of phosphoric ester groups is 2. The van der Waals surface area contributed by atoms with Crippen molar-refractivity contribution < 1.29 is 80.2 Å². The van der Waals surface area contributed by atoms with Crippen LogP contribution in [0.15, 0.2) is 85.1 Å². The summed E-state index contributed by atoms with van der Waals surface area (Å²) in [6, 6.07) is 0. The molecule has 0 radical (unpaired) electrons. The number of esters is 4. The summed E-state index contributed by atoms with van der Waals surface area (Å²) in [7, 11) is -9.97. The van der Waals surface area contributed by atoms with E-state index < -0.39 is 97.5 Å². The molecule has 19 heteroatoms. The molecule has 0 fully saturated rings. The SMILES string of the molecule is CCCCC/C=C\C/C=C\C/C=C\C/C=C\CCCC(=O)OC[C@H](COP(=O)(O)OC[C@H](O)COP(=O)(O)OC[C@@H](COC(=O)CCCCCCCCCCCCCCCCCCC)OC(=O)CCCCCCC/C=C\CCCCCCCC)OC(=O)CCCCCCC/C=C\C/C=C\CCCCC. The third-order valence-corrected chi connectivity index (χ3v) is 19.7. The zero-order chi connectivity index (χ0) is 76.0. The smallest absolute Gasteiger partial charge is 0.462 e. The average Bonchev–Trinajstić information content (AvgIpc) is 0.937. The number of allylic oxidation sites excluding steroid dienone is 14. The molecular weight excluding hydrogens is 1350 g/mol. The molecule has 0 aromatic carbocycles. The first-order valence-corrected chi connectivity index (χ1v) is 44.8. The Morgan fingerprint density at radius 3 is 0.788 bits per heavy atom. The van der Waals surface area contributed by atoms with Crippen molar-refractivity contribution in [2.24, 2.45) is 0 Å². The van der Waals surface area contributed by atoms with E-state index in [2.05, 4.69) is 101 Å². The quantitative estimate of drug-likeness (QED) is 0.0169. The van der Waals surface area contributed by atoms with Crippen molar-refractivity contribution in [3.05, 3.63) is 85.1 Å². The van der Waals surface area contributed by atoms with Gasteiger partial charge < -0.3 is 33.8 Å². The van der Waals surface area contributed by atoms with Gasteiger partial charge >= 0.3 is 39.5 Å². The van der Waals surface area contributed by atoms with Gasteiger partial charge in [0.1, 0.15) is 19.3 Å². The molecule has 17 nitrogen and oxygen atoms in total. The van der Waals surface area contributed by atoms with Crippen molar-refractivity contribution in [3.8, 4) is 0 Å². The first-order chi connectivity index (χ1) is 50.7. The Morgan fingerprint density at radius 2 is 0.481 bits per heavy atom. The van der Waals surface area contributed by atoms with Gasteiger partial charge in [0.2, 0.25) is 0 Å². The van der Waals surface area contributed by atoms with Crippen molar-refractivity contribution in [3.63, 3.8) is 0 Å². The van der Waals surface area contributed by atoms with Crippen LogP contribution in [0.3, 0.4) is 0 Å². The zero-order valence-corrected chi connectivity index (χ0v) is 68.0. The van der Waals surface area contributed by atoms with Crippen LogP contribution in [0.2, 0.25) is 0 Å². The van der Waals surface area contributed by atoms with E-state index in [1.54, 1.807) is 0 Å². The Bertz CT molecular complexity index is 2300. The van der Waals surface area contributed by atoms with E-state index in [1.165, 1.54) is 161 Å². The Hall–Kier alpha value is -3.76. The number of carbonyl (C=O) groups is 4. The highest BCUT2D eigenvalue weighted by molar-refractivity contribution is 7.47. The lowest BCUT2D eigenvalue weighted by Gasteiger charge is -2.21. The summed E-state index contributed by atoms with van der Waals surface area (Å²) in [6.07, 6.45) is 81.3. The van der Waals surface area contributed by atoms with Gasteiger partial charge in [-0.1, -0.05) is 312 Å². The van der Waals surface area contributed by atoms with Crippen molar-refractivity contribution >= 4 is 39.5 Å². The second-order valence-corrected chi connectivity index (χ2v) is 31.0. The zero-order valence-electron chi connectivity index (χ0n) is 66.2. The van der Waals surface area contributed by atoms with E-state index in [0.29, 0.717) is 32.1 Å². The highest BCUT2D eigenvalue weighted by Crippen LogP contribution is 2.45. The molecule has 0 heterocycles. The van der Waals surface area contributed by atoms with Crippen LogP contribution in [0.4, 0.5) is 0 Å². The summed E-state index contributed by atoms with van der Waals surface area (Å²) < 4.78 is 68.7. The summed E-state index contributed by atoms with van der Waals surface area (Å²) in [5.74, 6) is -2.24. The van der Waals surface area contributed by atoms with Crippen molar-refractivity contribution in [2.45, 2.75) is 393 Å². The minimum Gasteiger partial charge on any atom is -0.462 e. The lowest BCUT2D eigenvalue weighted by atomic mass is 10.0. The molecule has 0 aromatic heterocycles. The summed E-state index contributed by atoms with van der Waals surface area (Å²) in [6.45, 7) is 4.80.